The minimum Gasteiger partial charge on any atom is -0.496 e. The summed E-state index contributed by atoms with van der Waals surface area (Å²) in [6.45, 7) is 4.47. The molecule has 13 heteroatoms. The van der Waals surface area contributed by atoms with Gasteiger partial charge < -0.3 is 20.3 Å². The van der Waals surface area contributed by atoms with Gasteiger partial charge in [0.2, 0.25) is 5.91 Å². The van der Waals surface area contributed by atoms with Gasteiger partial charge in [-0.1, -0.05) is 11.3 Å². The normalized spacial score (nSPS) is 18.3. The van der Waals surface area contributed by atoms with Gasteiger partial charge in [0.25, 0.3) is 5.56 Å². The number of nitrogens with zero attached hydrogens (tertiary/aromatic N) is 4. The highest BCUT2D eigenvalue weighted by molar-refractivity contribution is 7.21. The SMILES string of the molecule is COc1ccc(F)cc1C(Cn1c(=O)n(C(C)(C)C(N)=O)c(=O)c2c(C)c(-n3cccn3)sc21)OC1CCC(O)CC1. The number of hydrogen-bond acceptors (Lipinski definition) is 8. The number of carbonyl (C=O) groups excluding carboxylic acids is 1. The molecule has 0 spiro atoms. The van der Waals surface area contributed by atoms with Crippen LogP contribution in [0.2, 0.25) is 0 Å². The summed E-state index contributed by atoms with van der Waals surface area (Å²) < 4.78 is 30.6. The van der Waals surface area contributed by atoms with E-state index in [1.54, 1.807) is 30.1 Å². The number of fused-ring (bicyclic) bond motifs is 1. The van der Waals surface area contributed by atoms with Crippen molar-refractivity contribution in [3.05, 3.63) is 74.4 Å². The van der Waals surface area contributed by atoms with E-state index in [1.807, 2.05) is 0 Å². The second-order valence-electron chi connectivity index (χ2n) is 11.1. The average Bonchev–Trinajstić information content (AvgIpc) is 3.59. The molecule has 0 radical (unpaired) electrons. The number of primary amides is 1. The molecular formula is C29H34FN5O6S. The minimum absolute atomic E-state index is 0.123. The lowest BCUT2D eigenvalue weighted by molar-refractivity contribution is -0.125. The zero-order valence-corrected chi connectivity index (χ0v) is 24.7. The van der Waals surface area contributed by atoms with Crippen LogP contribution < -0.4 is 21.7 Å². The Bertz CT molecular complexity index is 1730. The van der Waals surface area contributed by atoms with E-state index in [0.29, 0.717) is 52.4 Å². The van der Waals surface area contributed by atoms with Gasteiger partial charge in [0.1, 0.15) is 33.0 Å². The molecule has 1 aromatic carbocycles. The van der Waals surface area contributed by atoms with E-state index >= 15 is 0 Å². The highest BCUT2D eigenvalue weighted by Crippen LogP contribution is 2.36. The number of rotatable bonds is 9. The molecule has 1 saturated carbocycles. The molecule has 0 saturated heterocycles. The van der Waals surface area contributed by atoms with Gasteiger partial charge in [-0.3, -0.25) is 14.2 Å². The number of hydrogen-bond donors (Lipinski definition) is 2. The summed E-state index contributed by atoms with van der Waals surface area (Å²) in [4.78, 5) is 41.0. The molecule has 0 aliphatic heterocycles. The smallest absolute Gasteiger partial charge is 0.333 e. The van der Waals surface area contributed by atoms with Crippen LogP contribution in [-0.4, -0.2) is 49.2 Å². The summed E-state index contributed by atoms with van der Waals surface area (Å²) in [6, 6.07) is 5.82. The standard InChI is InChI=1S/C29H34FN5O6S/c1-16-23-24(37)35(29(2,3)27(31)38)28(39)33(26(23)42-25(16)34-13-5-12-32-34)15-22(41-19-9-7-18(36)8-10-19)20-14-17(30)6-11-21(20)40-4/h5-6,11-14,18-19,22,36H,7-10,15H2,1-4H3,(H2,31,38). The number of amides is 1. The Balaban J connectivity index is 1.75. The first-order chi connectivity index (χ1) is 19.9. The van der Waals surface area contributed by atoms with Crippen LogP contribution in [0.4, 0.5) is 4.39 Å². The van der Waals surface area contributed by atoms with Crippen molar-refractivity contribution in [2.24, 2.45) is 5.73 Å². The van der Waals surface area contributed by atoms with Gasteiger partial charge in [-0.25, -0.2) is 18.4 Å². The molecule has 1 fully saturated rings. The number of aliphatic hydroxyl groups is 1. The van der Waals surface area contributed by atoms with Crippen LogP contribution in [0.3, 0.4) is 0 Å². The quantitative estimate of drug-likeness (QED) is 0.301. The highest BCUT2D eigenvalue weighted by atomic mass is 32.1. The van der Waals surface area contributed by atoms with Gasteiger partial charge in [-0.15, -0.1) is 0 Å². The number of halogens is 1. The van der Waals surface area contributed by atoms with Crippen LogP contribution in [0.25, 0.3) is 15.2 Å². The molecule has 3 heterocycles. The maximum absolute atomic E-state index is 14.6. The molecule has 3 aromatic heterocycles. The Morgan fingerprint density at radius 3 is 2.60 bits per heavy atom. The highest BCUT2D eigenvalue weighted by Gasteiger charge is 2.35. The summed E-state index contributed by atoms with van der Waals surface area (Å²) in [5, 5.41) is 15.2. The van der Waals surface area contributed by atoms with Gasteiger partial charge in [0.05, 0.1) is 31.2 Å². The van der Waals surface area contributed by atoms with Crippen LogP contribution in [0.1, 0.15) is 56.8 Å². The lowest BCUT2D eigenvalue weighted by atomic mass is 9.94. The number of aryl methyl sites for hydroxylation is 1. The summed E-state index contributed by atoms with van der Waals surface area (Å²) in [6.07, 6.45) is 4.03. The van der Waals surface area contributed by atoms with E-state index in [4.69, 9.17) is 15.2 Å². The van der Waals surface area contributed by atoms with Crippen LogP contribution in [0, 0.1) is 12.7 Å². The minimum atomic E-state index is -1.66. The molecule has 1 unspecified atom stereocenters. The molecule has 5 rings (SSSR count). The van der Waals surface area contributed by atoms with Gasteiger partial charge in [-0.2, -0.15) is 5.10 Å². The fourth-order valence-corrected chi connectivity index (χ4v) is 6.70. The predicted octanol–water partition coefficient (Wildman–Crippen LogP) is 3.15. The first kappa shape index (κ1) is 29.7. The van der Waals surface area contributed by atoms with E-state index in [9.17, 15) is 23.9 Å². The average molecular weight is 600 g/mol. The number of aromatic nitrogens is 4. The third-order valence-corrected chi connectivity index (χ3v) is 9.25. The molecule has 11 nitrogen and oxygen atoms in total. The molecule has 4 aromatic rings. The van der Waals surface area contributed by atoms with Crippen molar-refractivity contribution >= 4 is 27.5 Å². The van der Waals surface area contributed by atoms with E-state index in [1.165, 1.54) is 55.1 Å². The van der Waals surface area contributed by atoms with E-state index in [0.717, 1.165) is 4.57 Å². The van der Waals surface area contributed by atoms with Crippen LogP contribution in [0.15, 0.2) is 46.2 Å². The Kier molecular flexibility index (Phi) is 8.10. The number of ether oxygens (including phenoxy) is 2. The Labute approximate surface area is 244 Å². The Morgan fingerprint density at radius 2 is 1.98 bits per heavy atom. The summed E-state index contributed by atoms with van der Waals surface area (Å²) >= 11 is 1.20. The first-order valence-electron chi connectivity index (χ1n) is 13.7. The second kappa shape index (κ2) is 11.5. The van der Waals surface area contributed by atoms with Crippen molar-refractivity contribution in [2.75, 3.05) is 7.11 Å². The Hall–Kier alpha value is -3.81. The van der Waals surface area contributed by atoms with Gasteiger partial charge >= 0.3 is 5.69 Å². The topological polar surface area (TPSA) is 144 Å². The van der Waals surface area contributed by atoms with Crippen molar-refractivity contribution in [2.45, 2.75) is 76.9 Å². The lowest BCUT2D eigenvalue weighted by Gasteiger charge is -2.31. The number of thiophene rings is 1. The second-order valence-corrected chi connectivity index (χ2v) is 12.0. The fourth-order valence-electron chi connectivity index (χ4n) is 5.46. The summed E-state index contributed by atoms with van der Waals surface area (Å²) in [5.74, 6) is -0.996. The molecule has 3 N–H and O–H groups in total. The number of carbonyl (C=O) groups is 1. The lowest BCUT2D eigenvalue weighted by Crippen LogP contribution is -2.54. The molecule has 0 bridgehead atoms. The molecule has 42 heavy (non-hydrogen) atoms. The number of benzene rings is 1. The van der Waals surface area contributed by atoms with E-state index in [-0.39, 0.29) is 18.0 Å². The van der Waals surface area contributed by atoms with Crippen molar-refractivity contribution in [3.63, 3.8) is 0 Å². The molecule has 224 valence electrons. The molecular weight excluding hydrogens is 565 g/mol. The van der Waals surface area contributed by atoms with Gasteiger partial charge in [0.15, 0.2) is 0 Å². The number of methoxy groups -OCH3 is 1. The van der Waals surface area contributed by atoms with Crippen molar-refractivity contribution in [1.82, 2.24) is 18.9 Å². The zero-order chi connectivity index (χ0) is 30.3. The predicted molar refractivity (Wildman–Crippen MR) is 156 cm³/mol. The zero-order valence-electron chi connectivity index (χ0n) is 23.9. The van der Waals surface area contributed by atoms with Crippen molar-refractivity contribution in [1.29, 1.82) is 0 Å². The van der Waals surface area contributed by atoms with Crippen molar-refractivity contribution in [3.8, 4) is 10.8 Å². The van der Waals surface area contributed by atoms with E-state index < -0.39 is 40.7 Å². The molecule has 1 amide bonds. The van der Waals surface area contributed by atoms with Crippen molar-refractivity contribution < 1.29 is 23.8 Å². The summed E-state index contributed by atoms with van der Waals surface area (Å²) in [5.41, 5.74) is 3.58. The fraction of sp³-hybridized carbons (Fsp3) is 0.448. The molecule has 1 aliphatic rings. The van der Waals surface area contributed by atoms with Gasteiger partial charge in [0, 0.05) is 23.5 Å². The molecule has 1 atom stereocenters. The molecule has 1 aliphatic carbocycles. The van der Waals surface area contributed by atoms with Gasteiger partial charge in [-0.05, 0) is 70.7 Å². The van der Waals surface area contributed by atoms with Crippen LogP contribution >= 0.6 is 11.3 Å². The third-order valence-electron chi connectivity index (χ3n) is 7.95. The number of nitrogens with two attached hydrogens (primary N) is 1. The van der Waals surface area contributed by atoms with E-state index in [2.05, 4.69) is 5.10 Å². The summed E-state index contributed by atoms with van der Waals surface area (Å²) in [7, 11) is 1.46. The largest absolute Gasteiger partial charge is 0.496 e. The maximum atomic E-state index is 14.6. The number of aliphatic hydroxyl groups excluding tert-OH is 1. The maximum Gasteiger partial charge on any atom is 0.333 e. The first-order valence-corrected chi connectivity index (χ1v) is 14.5. The monoisotopic (exact) mass is 599 g/mol. The third kappa shape index (κ3) is 5.27. The van der Waals surface area contributed by atoms with Crippen LogP contribution in [-0.2, 0) is 21.6 Å². The van der Waals surface area contributed by atoms with Crippen LogP contribution in [0.5, 0.6) is 5.75 Å². The Morgan fingerprint density at radius 1 is 1.26 bits per heavy atom.